The molecule has 0 aromatic heterocycles. The quantitative estimate of drug-likeness (QED) is 0.747. The van der Waals surface area contributed by atoms with E-state index in [9.17, 15) is 4.79 Å². The second-order valence-electron chi connectivity index (χ2n) is 4.38. The van der Waals surface area contributed by atoms with E-state index in [1.54, 1.807) is 0 Å². The number of hydrogen-bond donors (Lipinski definition) is 0. The molecule has 0 amide bonds. The van der Waals surface area contributed by atoms with E-state index in [1.165, 1.54) is 0 Å². The van der Waals surface area contributed by atoms with Gasteiger partial charge in [-0.3, -0.25) is 4.79 Å². The van der Waals surface area contributed by atoms with Crippen molar-refractivity contribution in [3.8, 4) is 0 Å². The summed E-state index contributed by atoms with van der Waals surface area (Å²) in [4.78, 5) is 13.7. The van der Waals surface area contributed by atoms with E-state index >= 15 is 0 Å². The summed E-state index contributed by atoms with van der Waals surface area (Å²) in [6.45, 7) is 2.85. The topological polar surface area (TPSA) is 29.5 Å². The maximum absolute atomic E-state index is 11.6. The summed E-state index contributed by atoms with van der Waals surface area (Å²) in [6.07, 6.45) is 0.373. The summed E-state index contributed by atoms with van der Waals surface area (Å²) in [6, 6.07) is 20.1. The van der Waals surface area contributed by atoms with Crippen LogP contribution in [-0.2, 0) is 9.53 Å². The van der Waals surface area contributed by atoms with Crippen LogP contribution in [0.1, 0.15) is 13.3 Å². The molecule has 0 fully saturated rings. The Morgan fingerprint density at radius 1 is 0.950 bits per heavy atom. The highest BCUT2D eigenvalue weighted by Crippen LogP contribution is 2.24. The standard InChI is InChI=1S/C17H19NO2/c1-2-20-17(19)13-14-18(15-9-5-3-6-10-15)16-11-7-4-8-12-16/h3-12H,2,13-14H2,1H3. The Balaban J connectivity index is 2.15. The molecule has 0 saturated heterocycles. The fraction of sp³-hybridized carbons (Fsp3) is 0.235. The van der Waals surface area contributed by atoms with Crippen LogP contribution >= 0.6 is 0 Å². The predicted octanol–water partition coefficient (Wildman–Crippen LogP) is 3.78. The van der Waals surface area contributed by atoms with Crippen molar-refractivity contribution in [3.63, 3.8) is 0 Å². The minimum atomic E-state index is -0.163. The minimum Gasteiger partial charge on any atom is -0.466 e. The van der Waals surface area contributed by atoms with Crippen LogP contribution in [0.2, 0.25) is 0 Å². The van der Waals surface area contributed by atoms with Gasteiger partial charge in [0.2, 0.25) is 0 Å². The molecule has 0 aliphatic carbocycles. The lowest BCUT2D eigenvalue weighted by Crippen LogP contribution is -2.21. The lowest BCUT2D eigenvalue weighted by molar-refractivity contribution is -0.142. The summed E-state index contributed by atoms with van der Waals surface area (Å²) in [5.74, 6) is -0.163. The highest BCUT2D eigenvalue weighted by Gasteiger charge is 2.11. The number of rotatable bonds is 6. The zero-order chi connectivity index (χ0) is 14.2. The molecule has 0 atom stereocenters. The molecule has 0 bridgehead atoms. The summed E-state index contributed by atoms with van der Waals surface area (Å²) in [5.41, 5.74) is 2.14. The van der Waals surface area contributed by atoms with Gasteiger partial charge in [0.05, 0.1) is 13.0 Å². The third-order valence-corrected chi connectivity index (χ3v) is 2.98. The van der Waals surface area contributed by atoms with Crippen molar-refractivity contribution in [3.05, 3.63) is 60.7 Å². The van der Waals surface area contributed by atoms with Crippen LogP contribution in [0.15, 0.2) is 60.7 Å². The van der Waals surface area contributed by atoms with E-state index in [-0.39, 0.29) is 5.97 Å². The number of nitrogens with zero attached hydrogens (tertiary/aromatic N) is 1. The minimum absolute atomic E-state index is 0.163. The van der Waals surface area contributed by atoms with Gasteiger partial charge in [-0.25, -0.2) is 0 Å². The molecule has 0 aliphatic rings. The van der Waals surface area contributed by atoms with Crippen molar-refractivity contribution in [1.82, 2.24) is 0 Å². The van der Waals surface area contributed by atoms with Gasteiger partial charge in [-0.05, 0) is 31.2 Å². The van der Waals surface area contributed by atoms with Crippen LogP contribution in [0, 0.1) is 0 Å². The summed E-state index contributed by atoms with van der Waals surface area (Å²) >= 11 is 0. The smallest absolute Gasteiger partial charge is 0.307 e. The zero-order valence-electron chi connectivity index (χ0n) is 11.7. The lowest BCUT2D eigenvalue weighted by atomic mass is 10.2. The van der Waals surface area contributed by atoms with Crippen molar-refractivity contribution >= 4 is 17.3 Å². The maximum atomic E-state index is 11.6. The van der Waals surface area contributed by atoms with Gasteiger partial charge in [0.25, 0.3) is 0 Å². The number of hydrogen-bond acceptors (Lipinski definition) is 3. The monoisotopic (exact) mass is 269 g/mol. The van der Waals surface area contributed by atoms with Gasteiger partial charge < -0.3 is 9.64 Å². The number of carbonyl (C=O) groups excluding carboxylic acids is 1. The van der Waals surface area contributed by atoms with E-state index in [1.807, 2.05) is 67.6 Å². The van der Waals surface area contributed by atoms with E-state index in [2.05, 4.69) is 4.90 Å². The first-order chi connectivity index (χ1) is 9.81. The van der Waals surface area contributed by atoms with Crippen LogP contribution in [0.3, 0.4) is 0 Å². The average Bonchev–Trinajstić information content (AvgIpc) is 2.50. The van der Waals surface area contributed by atoms with Gasteiger partial charge in [0.15, 0.2) is 0 Å². The zero-order valence-corrected chi connectivity index (χ0v) is 11.7. The third-order valence-electron chi connectivity index (χ3n) is 2.98. The molecule has 0 unspecified atom stereocenters. The SMILES string of the molecule is CCOC(=O)CCN(c1ccccc1)c1ccccc1. The highest BCUT2D eigenvalue weighted by atomic mass is 16.5. The molecular weight excluding hydrogens is 250 g/mol. The normalized spacial score (nSPS) is 10.1. The van der Waals surface area contributed by atoms with Gasteiger partial charge in [0.1, 0.15) is 0 Å². The summed E-state index contributed by atoms with van der Waals surface area (Å²) in [7, 11) is 0. The molecule has 0 aliphatic heterocycles. The van der Waals surface area contributed by atoms with Crippen molar-refractivity contribution in [1.29, 1.82) is 0 Å². The molecule has 2 aromatic carbocycles. The fourth-order valence-corrected chi connectivity index (χ4v) is 2.06. The molecule has 0 N–H and O–H groups in total. The van der Waals surface area contributed by atoms with Gasteiger partial charge in [-0.2, -0.15) is 0 Å². The fourth-order valence-electron chi connectivity index (χ4n) is 2.06. The Hall–Kier alpha value is -2.29. The Labute approximate surface area is 119 Å². The molecule has 2 aromatic rings. The second-order valence-corrected chi connectivity index (χ2v) is 4.38. The third kappa shape index (κ3) is 3.85. The van der Waals surface area contributed by atoms with Gasteiger partial charge in [-0.1, -0.05) is 36.4 Å². The van der Waals surface area contributed by atoms with Gasteiger partial charge in [0, 0.05) is 17.9 Å². The van der Waals surface area contributed by atoms with Crippen molar-refractivity contribution in [2.24, 2.45) is 0 Å². The Morgan fingerprint density at radius 2 is 1.45 bits per heavy atom. The van der Waals surface area contributed by atoms with E-state index in [4.69, 9.17) is 4.74 Å². The maximum Gasteiger partial charge on any atom is 0.307 e. The number of esters is 1. The molecule has 0 saturated carbocycles. The first-order valence-electron chi connectivity index (χ1n) is 6.84. The molecule has 0 spiro atoms. The Bertz CT molecular complexity index is 486. The average molecular weight is 269 g/mol. The van der Waals surface area contributed by atoms with Crippen molar-refractivity contribution < 1.29 is 9.53 Å². The van der Waals surface area contributed by atoms with E-state index in [0.717, 1.165) is 11.4 Å². The number of para-hydroxylation sites is 2. The van der Waals surface area contributed by atoms with E-state index < -0.39 is 0 Å². The summed E-state index contributed by atoms with van der Waals surface area (Å²) in [5, 5.41) is 0. The van der Waals surface area contributed by atoms with Gasteiger partial charge in [-0.15, -0.1) is 0 Å². The van der Waals surface area contributed by atoms with Crippen LogP contribution in [-0.4, -0.2) is 19.1 Å². The Morgan fingerprint density at radius 3 is 1.90 bits per heavy atom. The highest BCUT2D eigenvalue weighted by molar-refractivity contribution is 5.72. The molecule has 0 radical (unpaired) electrons. The molecule has 2 rings (SSSR count). The van der Waals surface area contributed by atoms with Crippen LogP contribution < -0.4 is 4.90 Å². The number of ether oxygens (including phenoxy) is 1. The van der Waals surface area contributed by atoms with Crippen molar-refractivity contribution in [2.75, 3.05) is 18.1 Å². The first-order valence-corrected chi connectivity index (χ1v) is 6.84. The Kier molecular flexibility index (Phi) is 5.18. The van der Waals surface area contributed by atoms with Crippen LogP contribution in [0.4, 0.5) is 11.4 Å². The molecule has 0 heterocycles. The van der Waals surface area contributed by atoms with E-state index in [0.29, 0.717) is 19.6 Å². The number of anilines is 2. The predicted molar refractivity (Wildman–Crippen MR) is 81.1 cm³/mol. The molecule has 3 nitrogen and oxygen atoms in total. The summed E-state index contributed by atoms with van der Waals surface area (Å²) < 4.78 is 5.00. The lowest BCUT2D eigenvalue weighted by Gasteiger charge is -2.24. The van der Waals surface area contributed by atoms with Crippen molar-refractivity contribution in [2.45, 2.75) is 13.3 Å². The van der Waals surface area contributed by atoms with Gasteiger partial charge >= 0.3 is 5.97 Å². The molecule has 3 heteroatoms. The first kappa shape index (κ1) is 14.1. The number of benzene rings is 2. The van der Waals surface area contributed by atoms with Crippen LogP contribution in [0.5, 0.6) is 0 Å². The largest absolute Gasteiger partial charge is 0.466 e. The number of carbonyl (C=O) groups is 1. The van der Waals surface area contributed by atoms with Crippen LogP contribution in [0.25, 0.3) is 0 Å². The molecule has 104 valence electrons. The molecular formula is C17H19NO2. The molecule has 20 heavy (non-hydrogen) atoms. The second kappa shape index (κ2) is 7.34.